The third-order valence-electron chi connectivity index (χ3n) is 8.51. The van der Waals surface area contributed by atoms with Crippen LogP contribution in [0.15, 0.2) is 54.6 Å². The Bertz CT molecular complexity index is 1330. The van der Waals surface area contributed by atoms with Crippen LogP contribution in [0.2, 0.25) is 0 Å². The van der Waals surface area contributed by atoms with Crippen LogP contribution in [0, 0.1) is 11.8 Å². The van der Waals surface area contributed by atoms with E-state index in [1.54, 1.807) is 7.05 Å². The van der Waals surface area contributed by atoms with Gasteiger partial charge in [0.05, 0.1) is 13.2 Å². The van der Waals surface area contributed by atoms with Crippen molar-refractivity contribution >= 4 is 29.5 Å². The smallest absolute Gasteiger partial charge is 0.347 e. The van der Waals surface area contributed by atoms with Gasteiger partial charge >= 0.3 is 17.9 Å². The van der Waals surface area contributed by atoms with Gasteiger partial charge in [-0.15, -0.1) is 0 Å². The molecule has 3 rings (SSSR count). The molecule has 11 heteroatoms. The van der Waals surface area contributed by atoms with E-state index in [0.29, 0.717) is 26.1 Å². The summed E-state index contributed by atoms with van der Waals surface area (Å²) in [5.74, 6) is -2.23. The van der Waals surface area contributed by atoms with Gasteiger partial charge in [0.2, 0.25) is 0 Å². The molecule has 1 saturated heterocycles. The molecule has 0 spiro atoms. The molecule has 1 N–H and O–H groups in total. The minimum atomic E-state index is -1.18. The van der Waals surface area contributed by atoms with Crippen LogP contribution in [-0.2, 0) is 51.2 Å². The second-order valence-corrected chi connectivity index (χ2v) is 13.5. The van der Waals surface area contributed by atoms with Gasteiger partial charge in [-0.2, -0.15) is 0 Å². The molecule has 1 amide bonds. The van der Waals surface area contributed by atoms with Crippen LogP contribution < -0.4 is 10.2 Å². The molecule has 1 aliphatic heterocycles. The summed E-state index contributed by atoms with van der Waals surface area (Å²) in [7, 11) is 3.20. The summed E-state index contributed by atoms with van der Waals surface area (Å²) in [5, 5.41) is 3.01. The molecule has 0 bridgehead atoms. The molecule has 2 aromatic carbocycles. The van der Waals surface area contributed by atoms with Gasteiger partial charge in [-0.05, 0) is 74.8 Å². The van der Waals surface area contributed by atoms with Gasteiger partial charge < -0.3 is 34.1 Å². The lowest BCUT2D eigenvalue weighted by molar-refractivity contribution is -0.174. The number of carbonyl (C=O) groups is 4. The Balaban J connectivity index is 1.74. The van der Waals surface area contributed by atoms with Gasteiger partial charge in [-0.1, -0.05) is 70.2 Å². The fourth-order valence-corrected chi connectivity index (χ4v) is 5.64. The van der Waals surface area contributed by atoms with Crippen molar-refractivity contribution in [2.75, 3.05) is 45.3 Å². The first kappa shape index (κ1) is 39.5. The lowest BCUT2D eigenvalue weighted by atomic mass is 10.0. The van der Waals surface area contributed by atoms with Gasteiger partial charge in [-0.3, -0.25) is 9.59 Å². The molecule has 0 saturated carbocycles. The van der Waals surface area contributed by atoms with Crippen molar-refractivity contribution in [3.8, 4) is 0 Å². The highest BCUT2D eigenvalue weighted by molar-refractivity contribution is 5.89. The monoisotopic (exact) mass is 681 g/mol. The van der Waals surface area contributed by atoms with E-state index < -0.39 is 48.1 Å². The Morgan fingerprint density at radius 2 is 1.45 bits per heavy atom. The summed E-state index contributed by atoms with van der Waals surface area (Å²) >= 11 is 0. The number of ether oxygens (including phenoxy) is 4. The minimum Gasteiger partial charge on any atom is -0.458 e. The van der Waals surface area contributed by atoms with Crippen molar-refractivity contribution in [3.05, 3.63) is 65.7 Å². The molecule has 0 radical (unpaired) electrons. The lowest BCUT2D eigenvalue weighted by Gasteiger charge is -2.32. The number of esters is 3. The number of hydrogen-bond donors (Lipinski definition) is 1. The molecule has 1 heterocycles. The number of anilines is 1. The summed E-state index contributed by atoms with van der Waals surface area (Å²) in [6.45, 7) is 12.4. The van der Waals surface area contributed by atoms with E-state index in [1.165, 1.54) is 18.9 Å². The normalized spacial score (nSPS) is 15.7. The number of nitrogens with zero attached hydrogens (tertiary/aromatic N) is 2. The van der Waals surface area contributed by atoms with Crippen LogP contribution in [0.5, 0.6) is 0 Å². The second-order valence-electron chi connectivity index (χ2n) is 13.5. The van der Waals surface area contributed by atoms with E-state index in [-0.39, 0.29) is 31.3 Å². The van der Waals surface area contributed by atoms with Gasteiger partial charge in [-0.25, -0.2) is 9.59 Å². The molecule has 4 atom stereocenters. The number of rotatable bonds is 18. The van der Waals surface area contributed by atoms with E-state index in [9.17, 15) is 19.2 Å². The Kier molecular flexibility index (Phi) is 16.0. The van der Waals surface area contributed by atoms with E-state index >= 15 is 0 Å². The number of aryl methyl sites for hydroxylation is 1. The number of nitrogens with one attached hydrogen (secondary N) is 1. The fraction of sp³-hybridized carbons (Fsp3) is 0.579. The number of benzene rings is 2. The zero-order valence-corrected chi connectivity index (χ0v) is 30.2. The average molecular weight is 682 g/mol. The number of hydrogen-bond acceptors (Lipinski definition) is 10. The highest BCUT2D eigenvalue weighted by atomic mass is 16.6. The number of carbonyl (C=O) groups excluding carboxylic acids is 4. The van der Waals surface area contributed by atoms with Crippen molar-refractivity contribution in [2.45, 2.75) is 91.2 Å². The van der Waals surface area contributed by atoms with Gasteiger partial charge in [0, 0.05) is 25.8 Å². The topological polar surface area (TPSA) is 124 Å². The molecule has 11 nitrogen and oxygen atoms in total. The predicted octanol–water partition coefficient (Wildman–Crippen LogP) is 4.55. The Hall–Kier alpha value is -3.96. The zero-order chi connectivity index (χ0) is 35.9. The highest BCUT2D eigenvalue weighted by Crippen LogP contribution is 2.21. The van der Waals surface area contributed by atoms with Crippen molar-refractivity contribution < 1.29 is 38.1 Å². The van der Waals surface area contributed by atoms with Crippen LogP contribution in [0.25, 0.3) is 0 Å². The van der Waals surface area contributed by atoms with Crippen LogP contribution >= 0.6 is 0 Å². The average Bonchev–Trinajstić information content (AvgIpc) is 3.10. The number of amides is 1. The van der Waals surface area contributed by atoms with Gasteiger partial charge in [0.1, 0.15) is 18.7 Å². The Labute approximate surface area is 291 Å². The zero-order valence-electron chi connectivity index (χ0n) is 30.2. The van der Waals surface area contributed by atoms with E-state index in [4.69, 9.17) is 18.9 Å². The predicted molar refractivity (Wildman–Crippen MR) is 188 cm³/mol. The third-order valence-corrected chi connectivity index (χ3v) is 8.51. The number of likely N-dealkylation sites (N-methyl/N-ethyl adjacent to an activating group) is 2. The molecule has 1 aliphatic rings. The first-order chi connectivity index (χ1) is 23.4. The molecule has 0 aliphatic carbocycles. The largest absolute Gasteiger partial charge is 0.458 e. The maximum absolute atomic E-state index is 14.1. The summed E-state index contributed by atoms with van der Waals surface area (Å²) in [5.41, 5.74) is 2.89. The Morgan fingerprint density at radius 1 is 0.816 bits per heavy atom. The first-order valence-corrected chi connectivity index (χ1v) is 17.4. The third kappa shape index (κ3) is 12.8. The van der Waals surface area contributed by atoms with Crippen LogP contribution in [0.3, 0.4) is 0 Å². The fourth-order valence-electron chi connectivity index (χ4n) is 5.64. The lowest BCUT2D eigenvalue weighted by Crippen LogP contribution is -2.51. The molecule has 2 aromatic rings. The maximum atomic E-state index is 14.1. The highest BCUT2D eigenvalue weighted by Gasteiger charge is 2.37. The van der Waals surface area contributed by atoms with Crippen LogP contribution in [-0.4, -0.2) is 93.4 Å². The van der Waals surface area contributed by atoms with Crippen LogP contribution in [0.1, 0.15) is 65.0 Å². The van der Waals surface area contributed by atoms with Gasteiger partial charge in [0.15, 0.2) is 12.2 Å². The van der Waals surface area contributed by atoms with Gasteiger partial charge in [0.25, 0.3) is 5.91 Å². The molecule has 0 aromatic heterocycles. The maximum Gasteiger partial charge on any atom is 0.347 e. The first-order valence-electron chi connectivity index (χ1n) is 17.4. The summed E-state index contributed by atoms with van der Waals surface area (Å²) in [4.78, 5) is 57.2. The molecule has 0 unspecified atom stereocenters. The minimum absolute atomic E-state index is 0.0128. The second kappa shape index (κ2) is 19.9. The molecule has 1 fully saturated rings. The summed E-state index contributed by atoms with van der Waals surface area (Å²) in [6, 6.07) is 15.7. The van der Waals surface area contributed by atoms with E-state index in [0.717, 1.165) is 29.9 Å². The van der Waals surface area contributed by atoms with Crippen molar-refractivity contribution in [2.24, 2.45) is 11.8 Å². The van der Waals surface area contributed by atoms with Crippen molar-refractivity contribution in [3.63, 3.8) is 0 Å². The van der Waals surface area contributed by atoms with E-state index in [2.05, 4.69) is 22.3 Å². The SMILES string of the molecule is CN[C@@H](CC(C)C)C(=O)O[C@H](CCc1ccc(N2CCOCC2)cc1)C(=O)N(C)[C@@H](CC(C)C)C(=O)O[C@H](C)C(=O)OCc1ccccc1. The van der Waals surface area contributed by atoms with Crippen LogP contribution in [0.4, 0.5) is 5.69 Å². The number of morpholine rings is 1. The molecule has 49 heavy (non-hydrogen) atoms. The standard InChI is InChI=1S/C38H55N3O8/c1-26(2)23-32(39-6)37(44)49-34(18-15-29-13-16-31(17-14-29)41-19-21-46-22-20-41)35(42)40(7)33(24-27(3)4)38(45)48-28(5)36(43)47-25-30-11-9-8-10-12-30/h8-14,16-17,26-28,32-34,39H,15,18-25H2,1-7H3/t28-,32+,33+,34-/m1/s1. The van der Waals surface area contributed by atoms with Crippen molar-refractivity contribution in [1.82, 2.24) is 10.2 Å². The molecular weight excluding hydrogens is 626 g/mol. The van der Waals surface area contributed by atoms with E-state index in [1.807, 2.05) is 70.2 Å². The summed E-state index contributed by atoms with van der Waals surface area (Å²) < 4.78 is 22.3. The molecular formula is C38H55N3O8. The molecule has 270 valence electrons. The quantitative estimate of drug-likeness (QED) is 0.177. The Morgan fingerprint density at radius 3 is 2.04 bits per heavy atom. The summed E-state index contributed by atoms with van der Waals surface area (Å²) in [6.07, 6.45) is -0.821. The van der Waals surface area contributed by atoms with Crippen molar-refractivity contribution in [1.29, 1.82) is 0 Å².